The number of fused-ring (bicyclic) bond motifs is 1. The first-order chi connectivity index (χ1) is 20.9. The number of likely N-dealkylation sites (N-methyl/N-ethyl adjacent to an activating group) is 1. The normalized spacial score (nSPS) is 12.0. The summed E-state index contributed by atoms with van der Waals surface area (Å²) in [6.45, 7) is 10.1. The second-order valence-corrected chi connectivity index (χ2v) is 11.7. The molecular weight excluding hydrogens is 560 g/mol. The van der Waals surface area contributed by atoms with Gasteiger partial charge in [-0.25, -0.2) is 9.59 Å². The van der Waals surface area contributed by atoms with E-state index in [4.69, 9.17) is 9.15 Å². The van der Waals surface area contributed by atoms with Gasteiger partial charge in [0.15, 0.2) is 0 Å². The number of nitrogens with zero attached hydrogens (tertiary/aromatic N) is 3. The number of hydrogen-bond acceptors (Lipinski definition) is 7. The van der Waals surface area contributed by atoms with Crippen LogP contribution < -0.4 is 15.7 Å². The molecule has 3 aromatic carbocycles. The van der Waals surface area contributed by atoms with Crippen molar-refractivity contribution in [2.75, 3.05) is 19.0 Å². The highest BCUT2D eigenvalue weighted by molar-refractivity contribution is 5.86. The molecule has 232 valence electrons. The van der Waals surface area contributed by atoms with Gasteiger partial charge < -0.3 is 24.5 Å². The molecule has 0 aliphatic carbocycles. The molecule has 0 aliphatic rings. The summed E-state index contributed by atoms with van der Waals surface area (Å²) in [4.78, 5) is 46.8. The lowest BCUT2D eigenvalue weighted by Crippen LogP contribution is -2.44. The summed E-state index contributed by atoms with van der Waals surface area (Å²) in [7, 11) is 1.59. The monoisotopic (exact) mass is 600 g/mol. The lowest BCUT2D eigenvalue weighted by molar-refractivity contribution is -0.132. The number of benzene rings is 3. The van der Waals surface area contributed by atoms with Gasteiger partial charge in [-0.2, -0.15) is 4.98 Å². The van der Waals surface area contributed by atoms with E-state index >= 15 is 0 Å². The standard InChI is InChI=1S/C34H40N4O6/c1-7-37(20-24-11-9-8-10-12-24)30(39)28(19-23-13-16-26(43-6)17-14-23)36-32-35-27-18-15-25(22(2)29(27)31(40)44-32)21-38(33(41)42)34(3,4)5/h8-18,28H,7,19-21H2,1-6H3,(H,35,36)(H,41,42)/t28-/m0/s1. The Balaban J connectivity index is 1.67. The number of rotatable bonds is 11. The van der Waals surface area contributed by atoms with Crippen LogP contribution in [-0.4, -0.2) is 57.1 Å². The quantitative estimate of drug-likeness (QED) is 0.220. The highest BCUT2D eigenvalue weighted by atomic mass is 16.5. The fourth-order valence-electron chi connectivity index (χ4n) is 5.07. The Morgan fingerprint density at radius 1 is 1.00 bits per heavy atom. The number of amides is 2. The summed E-state index contributed by atoms with van der Waals surface area (Å²) in [5, 5.41) is 13.1. The van der Waals surface area contributed by atoms with E-state index in [0.29, 0.717) is 41.9 Å². The van der Waals surface area contributed by atoms with Gasteiger partial charge in [0.1, 0.15) is 11.8 Å². The Labute approximate surface area is 257 Å². The fourth-order valence-corrected chi connectivity index (χ4v) is 5.07. The van der Waals surface area contributed by atoms with Crippen LogP contribution in [-0.2, 0) is 24.3 Å². The number of carbonyl (C=O) groups excluding carboxylic acids is 1. The number of carbonyl (C=O) groups is 2. The first-order valence-electron chi connectivity index (χ1n) is 14.6. The highest BCUT2D eigenvalue weighted by Crippen LogP contribution is 2.25. The van der Waals surface area contributed by atoms with E-state index in [1.807, 2.05) is 82.3 Å². The molecule has 1 heterocycles. The van der Waals surface area contributed by atoms with Crippen molar-refractivity contribution in [1.29, 1.82) is 0 Å². The molecule has 0 saturated heterocycles. The van der Waals surface area contributed by atoms with Crippen LogP contribution in [0.4, 0.5) is 10.8 Å². The average Bonchev–Trinajstić information content (AvgIpc) is 2.98. The van der Waals surface area contributed by atoms with E-state index in [9.17, 15) is 19.5 Å². The highest BCUT2D eigenvalue weighted by Gasteiger charge is 2.28. The van der Waals surface area contributed by atoms with E-state index in [1.54, 1.807) is 31.1 Å². The number of ether oxygens (including phenoxy) is 1. The third kappa shape index (κ3) is 7.55. The predicted molar refractivity (Wildman–Crippen MR) is 170 cm³/mol. The second kappa shape index (κ2) is 13.6. The Morgan fingerprint density at radius 3 is 2.27 bits per heavy atom. The minimum absolute atomic E-state index is 0.0703. The smallest absolute Gasteiger partial charge is 0.408 e. The molecule has 4 rings (SSSR count). The van der Waals surface area contributed by atoms with Crippen molar-refractivity contribution in [2.24, 2.45) is 0 Å². The molecule has 1 atom stereocenters. The van der Waals surface area contributed by atoms with Crippen LogP contribution in [0.15, 0.2) is 75.9 Å². The van der Waals surface area contributed by atoms with Crippen LogP contribution >= 0.6 is 0 Å². The van der Waals surface area contributed by atoms with E-state index in [2.05, 4.69) is 10.3 Å². The predicted octanol–water partition coefficient (Wildman–Crippen LogP) is 5.86. The minimum Gasteiger partial charge on any atom is -0.497 e. The molecule has 0 aliphatic heterocycles. The van der Waals surface area contributed by atoms with Crippen molar-refractivity contribution in [3.8, 4) is 5.75 Å². The maximum absolute atomic E-state index is 13.9. The van der Waals surface area contributed by atoms with Gasteiger partial charge >= 0.3 is 11.7 Å². The lowest BCUT2D eigenvalue weighted by Gasteiger charge is -2.33. The van der Waals surface area contributed by atoms with Crippen LogP contribution in [0.25, 0.3) is 10.9 Å². The first kappa shape index (κ1) is 32.1. The van der Waals surface area contributed by atoms with Gasteiger partial charge in [-0.15, -0.1) is 0 Å². The number of methoxy groups -OCH3 is 1. The zero-order valence-corrected chi connectivity index (χ0v) is 26.1. The summed E-state index contributed by atoms with van der Waals surface area (Å²) in [6, 6.07) is 19.8. The Hall–Kier alpha value is -4.86. The zero-order chi connectivity index (χ0) is 32.0. The summed E-state index contributed by atoms with van der Waals surface area (Å²) in [5.41, 5.74) is 2.28. The van der Waals surface area contributed by atoms with Gasteiger partial charge in [0.05, 0.1) is 18.0 Å². The molecule has 0 unspecified atom stereocenters. The maximum Gasteiger partial charge on any atom is 0.408 e. The van der Waals surface area contributed by atoms with Crippen molar-refractivity contribution < 1.29 is 23.8 Å². The lowest BCUT2D eigenvalue weighted by atomic mass is 10.0. The third-order valence-electron chi connectivity index (χ3n) is 7.64. The number of hydrogen-bond donors (Lipinski definition) is 2. The SMILES string of the molecule is CCN(Cc1ccccc1)C(=O)[C@H](Cc1ccc(OC)cc1)Nc1nc2ccc(CN(C(=O)O)C(C)(C)C)c(C)c2c(=O)o1. The second-order valence-electron chi connectivity index (χ2n) is 11.7. The molecule has 0 radical (unpaired) electrons. The molecule has 44 heavy (non-hydrogen) atoms. The number of carboxylic acid groups (broad SMARTS) is 1. The Morgan fingerprint density at radius 2 is 1.68 bits per heavy atom. The first-order valence-corrected chi connectivity index (χ1v) is 14.6. The molecule has 2 amide bonds. The summed E-state index contributed by atoms with van der Waals surface area (Å²) >= 11 is 0. The fraction of sp³-hybridized carbons (Fsp3) is 0.353. The number of anilines is 1. The number of nitrogens with one attached hydrogen (secondary N) is 1. The van der Waals surface area contributed by atoms with Gasteiger partial charge in [-0.3, -0.25) is 9.69 Å². The number of aryl methyl sites for hydroxylation is 1. The molecule has 1 aromatic heterocycles. The summed E-state index contributed by atoms with van der Waals surface area (Å²) in [6.07, 6.45) is -0.740. The summed E-state index contributed by atoms with van der Waals surface area (Å²) in [5.74, 6) is 0.536. The zero-order valence-electron chi connectivity index (χ0n) is 26.1. The topological polar surface area (TPSA) is 125 Å². The van der Waals surface area contributed by atoms with Crippen molar-refractivity contribution >= 4 is 28.9 Å². The molecular formula is C34H40N4O6. The van der Waals surface area contributed by atoms with Gasteiger partial charge in [-0.1, -0.05) is 48.5 Å². The van der Waals surface area contributed by atoms with Crippen molar-refractivity contribution in [1.82, 2.24) is 14.8 Å². The van der Waals surface area contributed by atoms with Crippen molar-refractivity contribution in [2.45, 2.75) is 65.7 Å². The van der Waals surface area contributed by atoms with Crippen LogP contribution in [0.3, 0.4) is 0 Å². The Kier molecular flexibility index (Phi) is 9.93. The van der Waals surface area contributed by atoms with Crippen molar-refractivity contribution in [3.05, 3.63) is 99.4 Å². The van der Waals surface area contributed by atoms with Gasteiger partial charge in [-0.05, 0) is 75.1 Å². The largest absolute Gasteiger partial charge is 0.497 e. The van der Waals surface area contributed by atoms with E-state index < -0.39 is 23.3 Å². The maximum atomic E-state index is 13.9. The van der Waals surface area contributed by atoms with Gasteiger partial charge in [0.25, 0.3) is 6.01 Å². The Bertz CT molecular complexity index is 1660. The van der Waals surface area contributed by atoms with Crippen LogP contribution in [0, 0.1) is 6.92 Å². The molecule has 4 aromatic rings. The van der Waals surface area contributed by atoms with Crippen LogP contribution in [0.2, 0.25) is 0 Å². The molecule has 0 bridgehead atoms. The van der Waals surface area contributed by atoms with Crippen LogP contribution in [0.5, 0.6) is 5.75 Å². The molecule has 0 spiro atoms. The van der Waals surface area contributed by atoms with Gasteiger partial charge in [0.2, 0.25) is 5.91 Å². The summed E-state index contributed by atoms with van der Waals surface area (Å²) < 4.78 is 10.9. The van der Waals surface area contributed by atoms with Crippen LogP contribution in [0.1, 0.15) is 49.9 Å². The van der Waals surface area contributed by atoms with E-state index in [0.717, 1.165) is 11.1 Å². The molecule has 0 fully saturated rings. The molecule has 10 nitrogen and oxygen atoms in total. The molecule has 10 heteroatoms. The molecule has 0 saturated carbocycles. The van der Waals surface area contributed by atoms with E-state index in [-0.39, 0.29) is 23.9 Å². The number of aromatic nitrogens is 1. The third-order valence-corrected chi connectivity index (χ3v) is 7.64. The minimum atomic E-state index is -1.05. The van der Waals surface area contributed by atoms with E-state index in [1.165, 1.54) is 4.90 Å². The van der Waals surface area contributed by atoms with Gasteiger partial charge in [0, 0.05) is 31.6 Å². The molecule has 2 N–H and O–H groups in total. The average molecular weight is 601 g/mol. The van der Waals surface area contributed by atoms with Crippen molar-refractivity contribution in [3.63, 3.8) is 0 Å².